The topological polar surface area (TPSA) is 75.9 Å². The first-order chi connectivity index (χ1) is 9.78. The normalized spacial score (nSPS) is 19.3. The summed E-state index contributed by atoms with van der Waals surface area (Å²) in [6.45, 7) is 9.30. The molecule has 6 nitrogen and oxygen atoms in total. The van der Waals surface area contributed by atoms with Gasteiger partial charge in [0, 0.05) is 25.7 Å². The van der Waals surface area contributed by atoms with Crippen molar-refractivity contribution in [2.75, 3.05) is 26.2 Å². The van der Waals surface area contributed by atoms with Crippen LogP contribution in [0.25, 0.3) is 0 Å². The van der Waals surface area contributed by atoms with E-state index >= 15 is 0 Å². The Morgan fingerprint density at radius 1 is 1.33 bits per heavy atom. The van der Waals surface area contributed by atoms with Crippen LogP contribution in [0, 0.1) is 0 Å². The van der Waals surface area contributed by atoms with Crippen molar-refractivity contribution >= 4 is 12.0 Å². The first kappa shape index (κ1) is 17.8. The van der Waals surface area contributed by atoms with Crippen molar-refractivity contribution < 1.29 is 14.3 Å². The molecule has 2 amide bonds. The predicted octanol–water partition coefficient (Wildman–Crippen LogP) is 1.58. The lowest BCUT2D eigenvalue weighted by atomic mass is 10.0. The van der Waals surface area contributed by atoms with Gasteiger partial charge in [-0.3, -0.25) is 4.79 Å². The Morgan fingerprint density at radius 2 is 2.00 bits per heavy atom. The molecule has 0 saturated carbocycles. The molecule has 2 N–H and O–H groups in total. The zero-order valence-corrected chi connectivity index (χ0v) is 13.7. The Labute approximate surface area is 127 Å². The van der Waals surface area contributed by atoms with Crippen molar-refractivity contribution in [2.24, 2.45) is 5.73 Å². The number of ether oxygens (including phenoxy) is 1. The number of hydrogen-bond acceptors (Lipinski definition) is 4. The third kappa shape index (κ3) is 5.53. The van der Waals surface area contributed by atoms with Crippen molar-refractivity contribution in [3.8, 4) is 0 Å². The van der Waals surface area contributed by atoms with Crippen LogP contribution in [0.2, 0.25) is 0 Å². The number of carbonyl (C=O) groups is 2. The maximum Gasteiger partial charge on any atom is 0.410 e. The molecule has 1 heterocycles. The first-order valence-electron chi connectivity index (χ1n) is 7.76. The number of hydrogen-bond donors (Lipinski definition) is 1. The molecule has 1 aliphatic heterocycles. The van der Waals surface area contributed by atoms with Crippen LogP contribution in [0.1, 0.15) is 47.0 Å². The number of carbonyl (C=O) groups excluding carboxylic acids is 2. The van der Waals surface area contributed by atoms with Gasteiger partial charge in [-0.25, -0.2) is 4.79 Å². The summed E-state index contributed by atoms with van der Waals surface area (Å²) in [7, 11) is 0. The van der Waals surface area contributed by atoms with E-state index in [0.717, 1.165) is 25.8 Å². The molecule has 0 aromatic rings. The summed E-state index contributed by atoms with van der Waals surface area (Å²) in [6, 6.07) is 0.0438. The molecular formula is C15H29N3O3. The van der Waals surface area contributed by atoms with Crippen LogP contribution in [-0.2, 0) is 9.53 Å². The van der Waals surface area contributed by atoms with Gasteiger partial charge in [0.25, 0.3) is 0 Å². The van der Waals surface area contributed by atoms with Gasteiger partial charge in [-0.15, -0.1) is 0 Å². The van der Waals surface area contributed by atoms with E-state index in [1.807, 2.05) is 32.6 Å². The third-order valence-electron chi connectivity index (χ3n) is 3.59. The fourth-order valence-electron chi connectivity index (χ4n) is 2.55. The van der Waals surface area contributed by atoms with E-state index in [1.54, 1.807) is 4.90 Å². The van der Waals surface area contributed by atoms with Gasteiger partial charge in [0.2, 0.25) is 5.91 Å². The molecule has 0 radical (unpaired) electrons. The standard InChI is InChI=1S/C15H29N3O3/c1-5-17(14(20)21-15(2,3)4)11-12-8-6-7-9-18(12)13(19)10-16/h12H,5-11,16H2,1-4H3. The summed E-state index contributed by atoms with van der Waals surface area (Å²) in [4.78, 5) is 27.6. The zero-order chi connectivity index (χ0) is 16.0. The number of amides is 2. The Balaban J connectivity index is 2.69. The molecule has 21 heavy (non-hydrogen) atoms. The second kappa shape index (κ2) is 7.64. The van der Waals surface area contributed by atoms with Crippen molar-refractivity contribution in [1.29, 1.82) is 0 Å². The Bertz CT molecular complexity index is 366. The number of likely N-dealkylation sites (N-methyl/N-ethyl adjacent to an activating group) is 1. The summed E-state index contributed by atoms with van der Waals surface area (Å²) in [5.41, 5.74) is 4.96. The molecule has 1 atom stereocenters. The van der Waals surface area contributed by atoms with E-state index in [-0.39, 0.29) is 24.6 Å². The predicted molar refractivity (Wildman–Crippen MR) is 81.9 cm³/mol. The number of piperidine rings is 1. The summed E-state index contributed by atoms with van der Waals surface area (Å²) >= 11 is 0. The van der Waals surface area contributed by atoms with Gasteiger partial charge in [-0.2, -0.15) is 0 Å². The molecule has 0 aliphatic carbocycles. The molecule has 1 unspecified atom stereocenters. The maximum absolute atomic E-state index is 12.2. The van der Waals surface area contributed by atoms with Gasteiger partial charge >= 0.3 is 6.09 Å². The van der Waals surface area contributed by atoms with E-state index in [0.29, 0.717) is 13.1 Å². The minimum atomic E-state index is -0.510. The Morgan fingerprint density at radius 3 is 2.52 bits per heavy atom. The Kier molecular flexibility index (Phi) is 6.45. The molecule has 0 aromatic carbocycles. The number of rotatable bonds is 4. The molecule has 1 saturated heterocycles. The third-order valence-corrected chi connectivity index (χ3v) is 3.59. The van der Waals surface area contributed by atoms with Crippen molar-refractivity contribution in [1.82, 2.24) is 9.80 Å². The van der Waals surface area contributed by atoms with Crippen LogP contribution in [-0.4, -0.2) is 59.6 Å². The lowest BCUT2D eigenvalue weighted by Gasteiger charge is -2.38. The van der Waals surface area contributed by atoms with E-state index in [1.165, 1.54) is 0 Å². The molecule has 122 valence electrons. The zero-order valence-electron chi connectivity index (χ0n) is 13.7. The van der Waals surface area contributed by atoms with Crippen LogP contribution in [0.5, 0.6) is 0 Å². The number of nitrogens with zero attached hydrogens (tertiary/aromatic N) is 2. The maximum atomic E-state index is 12.2. The summed E-state index contributed by atoms with van der Waals surface area (Å²) in [5, 5.41) is 0. The van der Waals surface area contributed by atoms with E-state index in [2.05, 4.69) is 0 Å². The molecule has 1 rings (SSSR count). The quantitative estimate of drug-likeness (QED) is 0.855. The largest absolute Gasteiger partial charge is 0.444 e. The molecular weight excluding hydrogens is 270 g/mol. The summed E-state index contributed by atoms with van der Waals surface area (Å²) < 4.78 is 5.41. The fraction of sp³-hybridized carbons (Fsp3) is 0.867. The molecule has 1 fully saturated rings. The second-order valence-electron chi connectivity index (χ2n) is 6.46. The fourth-order valence-corrected chi connectivity index (χ4v) is 2.55. The van der Waals surface area contributed by atoms with Gasteiger partial charge in [0.1, 0.15) is 5.60 Å². The molecule has 0 spiro atoms. The molecule has 1 aliphatic rings. The van der Waals surface area contributed by atoms with Crippen molar-refractivity contribution in [3.63, 3.8) is 0 Å². The van der Waals surface area contributed by atoms with Crippen LogP contribution in [0.4, 0.5) is 4.79 Å². The van der Waals surface area contributed by atoms with E-state index in [9.17, 15) is 9.59 Å². The summed E-state index contributed by atoms with van der Waals surface area (Å²) in [6.07, 6.45) is 2.66. The van der Waals surface area contributed by atoms with Gasteiger partial charge < -0.3 is 20.3 Å². The highest BCUT2D eigenvalue weighted by Crippen LogP contribution is 2.19. The average Bonchev–Trinajstić information content (AvgIpc) is 2.42. The first-order valence-corrected chi connectivity index (χ1v) is 7.76. The smallest absolute Gasteiger partial charge is 0.410 e. The minimum Gasteiger partial charge on any atom is -0.444 e. The monoisotopic (exact) mass is 299 g/mol. The van der Waals surface area contributed by atoms with Gasteiger partial charge in [-0.05, 0) is 47.0 Å². The lowest BCUT2D eigenvalue weighted by molar-refractivity contribution is -0.133. The van der Waals surface area contributed by atoms with Crippen LogP contribution < -0.4 is 5.73 Å². The average molecular weight is 299 g/mol. The van der Waals surface area contributed by atoms with Crippen LogP contribution in [0.15, 0.2) is 0 Å². The van der Waals surface area contributed by atoms with Gasteiger partial charge in [0.05, 0.1) is 6.54 Å². The van der Waals surface area contributed by atoms with Crippen molar-refractivity contribution in [3.05, 3.63) is 0 Å². The van der Waals surface area contributed by atoms with Gasteiger partial charge in [0.15, 0.2) is 0 Å². The molecule has 0 bridgehead atoms. The lowest BCUT2D eigenvalue weighted by Crippen LogP contribution is -2.52. The second-order valence-corrected chi connectivity index (χ2v) is 6.46. The summed E-state index contributed by atoms with van der Waals surface area (Å²) in [5.74, 6) is -0.0417. The van der Waals surface area contributed by atoms with Crippen LogP contribution >= 0.6 is 0 Å². The minimum absolute atomic E-state index is 0.0229. The van der Waals surface area contributed by atoms with Crippen LogP contribution in [0.3, 0.4) is 0 Å². The number of likely N-dealkylation sites (tertiary alicyclic amines) is 1. The van der Waals surface area contributed by atoms with E-state index in [4.69, 9.17) is 10.5 Å². The highest BCUT2D eigenvalue weighted by Gasteiger charge is 2.30. The van der Waals surface area contributed by atoms with E-state index < -0.39 is 5.60 Å². The van der Waals surface area contributed by atoms with Gasteiger partial charge in [-0.1, -0.05) is 0 Å². The molecule has 6 heteroatoms. The highest BCUT2D eigenvalue weighted by molar-refractivity contribution is 5.78. The SMILES string of the molecule is CCN(CC1CCCCN1C(=O)CN)C(=O)OC(C)(C)C. The van der Waals surface area contributed by atoms with Crippen molar-refractivity contribution in [2.45, 2.75) is 58.6 Å². The Hall–Kier alpha value is -1.30. The highest BCUT2D eigenvalue weighted by atomic mass is 16.6. The number of nitrogens with two attached hydrogens (primary N) is 1. The molecule has 0 aromatic heterocycles.